The topological polar surface area (TPSA) is 68.3 Å². The Kier molecular flexibility index (Phi) is 5.73. The normalized spacial score (nSPS) is 11.3. The van der Waals surface area contributed by atoms with Crippen LogP contribution < -0.4 is 5.32 Å². The van der Waals surface area contributed by atoms with Crippen LogP contribution in [0.1, 0.15) is 5.76 Å². The van der Waals surface area contributed by atoms with Crippen LogP contribution in [0.5, 0.6) is 0 Å². The number of nitrogens with zero attached hydrogens (tertiary/aromatic N) is 1. The number of hydrogen-bond donors (Lipinski definition) is 1. The molecule has 1 N–H and O–H groups in total. The van der Waals surface area contributed by atoms with Crippen molar-refractivity contribution in [3.63, 3.8) is 0 Å². The van der Waals surface area contributed by atoms with Crippen molar-refractivity contribution in [1.29, 1.82) is 0 Å². The Labute approximate surface area is 199 Å². The number of oxazole rings is 1. The second-order valence-corrected chi connectivity index (χ2v) is 8.06. The second-order valence-electron chi connectivity index (χ2n) is 7.22. The van der Waals surface area contributed by atoms with Gasteiger partial charge in [-0.05, 0) is 54.6 Å². The third-order valence-electron chi connectivity index (χ3n) is 4.90. The molecule has 2 aromatic heterocycles. The van der Waals surface area contributed by atoms with Crippen LogP contribution in [0.4, 0.5) is 5.69 Å². The minimum Gasteiger partial charge on any atom is -0.457 e. The van der Waals surface area contributed by atoms with Crippen LogP contribution in [-0.2, 0) is 4.79 Å². The van der Waals surface area contributed by atoms with E-state index in [1.165, 1.54) is 6.08 Å². The smallest absolute Gasteiger partial charge is 0.248 e. The third-order valence-corrected chi connectivity index (χ3v) is 5.47. The largest absolute Gasteiger partial charge is 0.457 e. The number of furan rings is 1. The molecule has 162 valence electrons. The number of amides is 1. The molecule has 1 amide bonds. The summed E-state index contributed by atoms with van der Waals surface area (Å²) >= 11 is 12.3. The summed E-state index contributed by atoms with van der Waals surface area (Å²) in [4.78, 5) is 17.0. The predicted octanol–water partition coefficient (Wildman–Crippen LogP) is 7.71. The second kappa shape index (κ2) is 8.98. The van der Waals surface area contributed by atoms with Gasteiger partial charge in [0, 0.05) is 22.2 Å². The molecule has 0 fully saturated rings. The summed E-state index contributed by atoms with van der Waals surface area (Å²) in [5.74, 6) is 1.34. The Bertz CT molecular complexity index is 1490. The summed E-state index contributed by atoms with van der Waals surface area (Å²) in [7, 11) is 0. The van der Waals surface area contributed by atoms with E-state index in [0.717, 1.165) is 11.3 Å². The number of fused-ring (bicyclic) bond motifs is 1. The first-order valence-electron chi connectivity index (χ1n) is 10.1. The highest BCUT2D eigenvalue weighted by molar-refractivity contribution is 6.34. The molecular weight excluding hydrogens is 459 g/mol. The highest BCUT2D eigenvalue weighted by atomic mass is 35.5. The van der Waals surface area contributed by atoms with Crippen LogP contribution in [0.2, 0.25) is 10.0 Å². The van der Waals surface area contributed by atoms with Crippen molar-refractivity contribution in [2.45, 2.75) is 0 Å². The molecule has 0 aliphatic carbocycles. The van der Waals surface area contributed by atoms with Crippen molar-refractivity contribution < 1.29 is 13.6 Å². The standard InChI is InChI=1S/C26H16Cl2N2O3/c27-18-7-11-24-22(15-18)30-26(33-24)17-6-10-20(28)21(14-17)29-25(31)13-9-19-8-12-23(32-19)16-4-2-1-3-5-16/h1-15H,(H,29,31)/b13-9+. The third kappa shape index (κ3) is 4.70. The lowest BCUT2D eigenvalue weighted by Crippen LogP contribution is -2.08. The van der Waals surface area contributed by atoms with Crippen LogP contribution in [0.25, 0.3) is 40.0 Å². The van der Waals surface area contributed by atoms with Crippen LogP contribution in [0.3, 0.4) is 0 Å². The van der Waals surface area contributed by atoms with Crippen molar-refractivity contribution >= 4 is 52.0 Å². The minimum absolute atomic E-state index is 0.351. The fourth-order valence-electron chi connectivity index (χ4n) is 3.31. The van der Waals surface area contributed by atoms with Gasteiger partial charge >= 0.3 is 0 Å². The molecule has 3 aromatic carbocycles. The molecule has 33 heavy (non-hydrogen) atoms. The zero-order valence-electron chi connectivity index (χ0n) is 17.1. The van der Waals surface area contributed by atoms with Gasteiger partial charge in [0.1, 0.15) is 17.0 Å². The number of aromatic nitrogens is 1. The van der Waals surface area contributed by atoms with Crippen molar-refractivity contribution in [3.8, 4) is 22.8 Å². The van der Waals surface area contributed by atoms with Gasteiger partial charge in [-0.25, -0.2) is 4.98 Å². The molecule has 0 aliphatic heterocycles. The summed E-state index contributed by atoms with van der Waals surface area (Å²) in [5, 5.41) is 3.75. The number of rotatable bonds is 5. The first-order valence-corrected chi connectivity index (χ1v) is 10.8. The zero-order valence-corrected chi connectivity index (χ0v) is 18.6. The quantitative estimate of drug-likeness (QED) is 0.264. The van der Waals surface area contributed by atoms with E-state index in [9.17, 15) is 4.79 Å². The van der Waals surface area contributed by atoms with Gasteiger partial charge in [-0.2, -0.15) is 0 Å². The number of carbonyl (C=O) groups is 1. The highest BCUT2D eigenvalue weighted by Gasteiger charge is 2.12. The number of benzene rings is 3. The molecule has 7 heteroatoms. The average Bonchev–Trinajstić information content (AvgIpc) is 3.47. The molecule has 5 nitrogen and oxygen atoms in total. The first-order chi connectivity index (χ1) is 16.0. The van der Waals surface area contributed by atoms with Gasteiger partial charge in [0.15, 0.2) is 5.58 Å². The van der Waals surface area contributed by atoms with E-state index >= 15 is 0 Å². The maximum atomic E-state index is 12.5. The number of nitrogens with one attached hydrogen (secondary N) is 1. The molecule has 0 atom stereocenters. The molecule has 5 aromatic rings. The van der Waals surface area contributed by atoms with Gasteiger partial charge in [-0.3, -0.25) is 4.79 Å². The van der Waals surface area contributed by atoms with Gasteiger partial charge in [0.25, 0.3) is 0 Å². The maximum absolute atomic E-state index is 12.5. The fraction of sp³-hybridized carbons (Fsp3) is 0. The van der Waals surface area contributed by atoms with Crippen molar-refractivity contribution in [2.75, 3.05) is 5.32 Å². The monoisotopic (exact) mass is 474 g/mol. The van der Waals surface area contributed by atoms with Gasteiger partial charge in [-0.1, -0.05) is 53.5 Å². The molecule has 0 bridgehead atoms. The lowest BCUT2D eigenvalue weighted by atomic mass is 10.2. The molecule has 0 aliphatic rings. The van der Waals surface area contributed by atoms with Crippen molar-refractivity contribution in [2.24, 2.45) is 0 Å². The first kappa shape index (κ1) is 21.1. The van der Waals surface area contributed by atoms with E-state index in [0.29, 0.717) is 44.0 Å². The molecule has 2 heterocycles. The molecule has 0 spiro atoms. The summed E-state index contributed by atoms with van der Waals surface area (Å²) in [6.07, 6.45) is 2.99. The van der Waals surface area contributed by atoms with E-state index in [-0.39, 0.29) is 5.91 Å². The number of halogens is 2. The molecular formula is C26H16Cl2N2O3. The average molecular weight is 475 g/mol. The van der Waals surface area contributed by atoms with E-state index in [4.69, 9.17) is 32.0 Å². The van der Waals surface area contributed by atoms with E-state index in [1.54, 1.807) is 48.5 Å². The molecule has 0 saturated heterocycles. The Hall–Kier alpha value is -3.80. The molecule has 0 saturated carbocycles. The summed E-state index contributed by atoms with van der Waals surface area (Å²) in [6.45, 7) is 0. The van der Waals surface area contributed by atoms with Gasteiger partial charge < -0.3 is 14.2 Å². The lowest BCUT2D eigenvalue weighted by Gasteiger charge is -2.06. The fourth-order valence-corrected chi connectivity index (χ4v) is 3.64. The summed E-state index contributed by atoms with van der Waals surface area (Å²) in [6, 6.07) is 23.8. The Morgan fingerprint density at radius 2 is 1.73 bits per heavy atom. The van der Waals surface area contributed by atoms with Crippen LogP contribution in [0, 0.1) is 0 Å². The molecule has 5 rings (SSSR count). The van der Waals surface area contributed by atoms with Gasteiger partial charge in [-0.15, -0.1) is 0 Å². The van der Waals surface area contributed by atoms with E-state index < -0.39 is 0 Å². The predicted molar refractivity (Wildman–Crippen MR) is 131 cm³/mol. The zero-order chi connectivity index (χ0) is 22.8. The van der Waals surface area contributed by atoms with Gasteiger partial charge in [0.2, 0.25) is 11.8 Å². The molecule has 0 unspecified atom stereocenters. The Balaban J connectivity index is 1.32. The van der Waals surface area contributed by atoms with Crippen molar-refractivity contribution in [3.05, 3.63) is 101 Å². The lowest BCUT2D eigenvalue weighted by molar-refractivity contribution is -0.111. The SMILES string of the molecule is O=C(/C=C/c1ccc(-c2ccccc2)o1)Nc1cc(-c2nc3cc(Cl)ccc3o2)ccc1Cl. The van der Waals surface area contributed by atoms with Crippen LogP contribution in [0.15, 0.2) is 93.8 Å². The van der Waals surface area contributed by atoms with Gasteiger partial charge in [0.05, 0.1) is 10.7 Å². The van der Waals surface area contributed by atoms with Crippen LogP contribution in [-0.4, -0.2) is 10.9 Å². The number of carbonyl (C=O) groups excluding carboxylic acids is 1. The Morgan fingerprint density at radius 1 is 0.879 bits per heavy atom. The summed E-state index contributed by atoms with van der Waals surface area (Å²) < 4.78 is 11.6. The van der Waals surface area contributed by atoms with E-state index in [1.807, 2.05) is 36.4 Å². The number of hydrogen-bond acceptors (Lipinski definition) is 4. The van der Waals surface area contributed by atoms with E-state index in [2.05, 4.69) is 10.3 Å². The Morgan fingerprint density at radius 3 is 2.58 bits per heavy atom. The van der Waals surface area contributed by atoms with Crippen molar-refractivity contribution in [1.82, 2.24) is 4.98 Å². The molecule has 0 radical (unpaired) electrons. The highest BCUT2D eigenvalue weighted by Crippen LogP contribution is 2.31. The number of anilines is 1. The van der Waals surface area contributed by atoms with Crippen LogP contribution >= 0.6 is 23.2 Å². The maximum Gasteiger partial charge on any atom is 0.248 e. The minimum atomic E-state index is -0.351. The summed E-state index contributed by atoms with van der Waals surface area (Å²) in [5.41, 5.74) is 3.34.